The molecule has 0 aromatic heterocycles. The molecule has 6 aromatic carbocycles. The summed E-state index contributed by atoms with van der Waals surface area (Å²) in [6, 6.07) is 36.2. The van der Waals surface area contributed by atoms with E-state index < -0.39 is 0 Å². The van der Waals surface area contributed by atoms with Crippen molar-refractivity contribution < 1.29 is 23.8 Å². The predicted octanol–water partition coefficient (Wildman–Crippen LogP) is 7.29. The second-order valence-corrected chi connectivity index (χ2v) is 11.4. The van der Waals surface area contributed by atoms with E-state index in [4.69, 9.17) is 14.2 Å². The summed E-state index contributed by atoms with van der Waals surface area (Å²) in [7, 11) is 0. The van der Waals surface area contributed by atoms with Crippen LogP contribution in [-0.4, -0.2) is 64.5 Å². The highest BCUT2D eigenvalue weighted by atomic mass is 16.5. The SMILES string of the molecule is O=C(NCCCOCCOCCOCCCNC(=O)c1c2ccccc2cc2ccccc12)c1c2ccccc2cc2ccccc12. The zero-order chi connectivity index (χ0) is 32.3. The van der Waals surface area contributed by atoms with Crippen LogP contribution in [0.25, 0.3) is 43.1 Å². The lowest BCUT2D eigenvalue weighted by molar-refractivity contribution is 0.0139. The highest BCUT2D eigenvalue weighted by Crippen LogP contribution is 2.29. The summed E-state index contributed by atoms with van der Waals surface area (Å²) in [6.45, 7) is 4.06. The minimum absolute atomic E-state index is 0.0675. The molecule has 47 heavy (non-hydrogen) atoms. The first-order valence-electron chi connectivity index (χ1n) is 16.3. The van der Waals surface area contributed by atoms with E-state index in [0.29, 0.717) is 65.6 Å². The molecule has 0 heterocycles. The Labute approximate surface area is 274 Å². The molecule has 0 saturated carbocycles. The third-order valence-corrected chi connectivity index (χ3v) is 8.24. The van der Waals surface area contributed by atoms with Gasteiger partial charge in [-0.25, -0.2) is 0 Å². The number of hydrogen-bond acceptors (Lipinski definition) is 5. The summed E-state index contributed by atoms with van der Waals surface area (Å²) in [4.78, 5) is 26.3. The van der Waals surface area contributed by atoms with E-state index in [0.717, 1.165) is 54.2 Å². The van der Waals surface area contributed by atoms with Crippen LogP contribution in [0.5, 0.6) is 0 Å². The minimum atomic E-state index is -0.0675. The van der Waals surface area contributed by atoms with Crippen molar-refractivity contribution in [2.75, 3.05) is 52.7 Å². The van der Waals surface area contributed by atoms with Crippen LogP contribution in [0.4, 0.5) is 0 Å². The fourth-order valence-corrected chi connectivity index (χ4v) is 5.99. The van der Waals surface area contributed by atoms with Gasteiger partial charge in [0.1, 0.15) is 0 Å². The van der Waals surface area contributed by atoms with Gasteiger partial charge in [-0.3, -0.25) is 9.59 Å². The molecule has 0 saturated heterocycles. The maximum Gasteiger partial charge on any atom is 0.252 e. The second-order valence-electron chi connectivity index (χ2n) is 11.4. The van der Waals surface area contributed by atoms with Gasteiger partial charge in [0.25, 0.3) is 11.8 Å². The Bertz CT molecular complexity index is 1740. The average Bonchev–Trinajstić information content (AvgIpc) is 3.10. The Morgan fingerprint density at radius 3 is 1.06 bits per heavy atom. The molecule has 0 spiro atoms. The van der Waals surface area contributed by atoms with E-state index >= 15 is 0 Å². The fourth-order valence-electron chi connectivity index (χ4n) is 5.99. The van der Waals surface area contributed by atoms with Gasteiger partial charge in [-0.05, 0) is 68.1 Å². The summed E-state index contributed by atoms with van der Waals surface area (Å²) in [6.07, 6.45) is 1.43. The Kier molecular flexibility index (Phi) is 11.0. The van der Waals surface area contributed by atoms with E-state index in [1.807, 2.05) is 97.1 Å². The first-order valence-corrected chi connectivity index (χ1v) is 16.3. The summed E-state index contributed by atoms with van der Waals surface area (Å²) in [5.74, 6) is -0.135. The smallest absolute Gasteiger partial charge is 0.252 e. The lowest BCUT2D eigenvalue weighted by atomic mass is 9.96. The molecular weight excluding hydrogens is 588 g/mol. The molecular formula is C40H40N2O5. The van der Waals surface area contributed by atoms with Crippen LogP contribution in [0.15, 0.2) is 109 Å². The van der Waals surface area contributed by atoms with Crippen LogP contribution in [0, 0.1) is 0 Å². The van der Waals surface area contributed by atoms with Crippen molar-refractivity contribution in [2.45, 2.75) is 12.8 Å². The first kappa shape index (κ1) is 32.1. The molecule has 0 aliphatic heterocycles. The monoisotopic (exact) mass is 628 g/mol. The molecule has 2 amide bonds. The van der Waals surface area contributed by atoms with Crippen molar-refractivity contribution in [3.63, 3.8) is 0 Å². The van der Waals surface area contributed by atoms with Gasteiger partial charge in [0.05, 0.1) is 37.6 Å². The van der Waals surface area contributed by atoms with Crippen molar-refractivity contribution in [2.24, 2.45) is 0 Å². The van der Waals surface area contributed by atoms with Crippen molar-refractivity contribution in [1.29, 1.82) is 0 Å². The molecule has 240 valence electrons. The topological polar surface area (TPSA) is 85.9 Å². The Morgan fingerprint density at radius 2 is 0.723 bits per heavy atom. The number of nitrogens with one attached hydrogen (secondary N) is 2. The van der Waals surface area contributed by atoms with Crippen molar-refractivity contribution >= 4 is 54.9 Å². The van der Waals surface area contributed by atoms with Crippen molar-refractivity contribution in [1.82, 2.24) is 10.6 Å². The van der Waals surface area contributed by atoms with Gasteiger partial charge in [-0.2, -0.15) is 0 Å². The van der Waals surface area contributed by atoms with Gasteiger partial charge in [0.2, 0.25) is 0 Å². The summed E-state index contributed by atoms with van der Waals surface area (Å²) < 4.78 is 17.0. The quantitative estimate of drug-likeness (QED) is 0.0869. The Balaban J connectivity index is 0.815. The second kappa shape index (κ2) is 16.1. The van der Waals surface area contributed by atoms with Gasteiger partial charge in [0.15, 0.2) is 0 Å². The lowest BCUT2D eigenvalue weighted by Gasteiger charge is -2.12. The molecule has 6 rings (SSSR count). The largest absolute Gasteiger partial charge is 0.379 e. The van der Waals surface area contributed by atoms with Crippen LogP contribution in [0.2, 0.25) is 0 Å². The normalized spacial score (nSPS) is 11.4. The maximum absolute atomic E-state index is 13.2. The van der Waals surface area contributed by atoms with E-state index in [9.17, 15) is 9.59 Å². The van der Waals surface area contributed by atoms with Crippen molar-refractivity contribution in [3.05, 3.63) is 120 Å². The van der Waals surface area contributed by atoms with Gasteiger partial charge < -0.3 is 24.8 Å². The Morgan fingerprint density at radius 1 is 0.426 bits per heavy atom. The number of hydrogen-bond donors (Lipinski definition) is 2. The third kappa shape index (κ3) is 7.95. The first-order chi connectivity index (χ1) is 23.2. The highest BCUT2D eigenvalue weighted by Gasteiger charge is 2.15. The lowest BCUT2D eigenvalue weighted by Crippen LogP contribution is -2.26. The fraction of sp³-hybridized carbons (Fsp3) is 0.250. The molecule has 7 nitrogen and oxygen atoms in total. The number of amides is 2. The molecule has 0 aliphatic carbocycles. The molecule has 0 fully saturated rings. The van der Waals surface area contributed by atoms with Crippen molar-refractivity contribution in [3.8, 4) is 0 Å². The molecule has 7 heteroatoms. The van der Waals surface area contributed by atoms with E-state index in [2.05, 4.69) is 22.8 Å². The number of fused-ring (bicyclic) bond motifs is 4. The number of carbonyl (C=O) groups is 2. The molecule has 0 aliphatic rings. The van der Waals surface area contributed by atoms with Crippen LogP contribution in [0.1, 0.15) is 33.6 Å². The van der Waals surface area contributed by atoms with Crippen LogP contribution in [0.3, 0.4) is 0 Å². The molecule has 2 N–H and O–H groups in total. The van der Waals surface area contributed by atoms with Gasteiger partial charge in [-0.15, -0.1) is 0 Å². The third-order valence-electron chi connectivity index (χ3n) is 8.24. The molecule has 6 aromatic rings. The van der Waals surface area contributed by atoms with E-state index in [-0.39, 0.29) is 11.8 Å². The summed E-state index contributed by atoms with van der Waals surface area (Å²) in [5, 5.41) is 14.2. The maximum atomic E-state index is 13.2. The minimum Gasteiger partial charge on any atom is -0.379 e. The molecule has 0 atom stereocenters. The number of carbonyl (C=O) groups excluding carboxylic acids is 2. The summed E-state index contributed by atoms with van der Waals surface area (Å²) >= 11 is 0. The predicted molar refractivity (Wildman–Crippen MR) is 189 cm³/mol. The highest BCUT2D eigenvalue weighted by molar-refractivity contribution is 6.19. The number of ether oxygens (including phenoxy) is 3. The zero-order valence-corrected chi connectivity index (χ0v) is 26.5. The average molecular weight is 629 g/mol. The molecule has 0 unspecified atom stereocenters. The van der Waals surface area contributed by atoms with E-state index in [1.165, 1.54) is 0 Å². The molecule has 0 bridgehead atoms. The van der Waals surface area contributed by atoms with E-state index in [1.54, 1.807) is 0 Å². The standard InChI is InChI=1S/C40H40N2O5/c43-39(37-33-15-5-1-11-29(33)27-30-12-2-6-16-34(30)37)41-19-9-21-45-23-25-47-26-24-46-22-10-20-42-40(44)38-35-17-7-3-13-31(35)28-32-14-4-8-18-36(32)38/h1-8,11-18,27-28H,9-10,19-26H2,(H,41,43)(H,42,44). The molecule has 0 radical (unpaired) electrons. The van der Waals surface area contributed by atoms with Crippen LogP contribution in [-0.2, 0) is 14.2 Å². The van der Waals surface area contributed by atoms with Gasteiger partial charge in [-0.1, -0.05) is 97.1 Å². The zero-order valence-electron chi connectivity index (χ0n) is 26.5. The number of benzene rings is 6. The van der Waals surface area contributed by atoms with Crippen LogP contribution >= 0.6 is 0 Å². The van der Waals surface area contributed by atoms with Gasteiger partial charge in [0, 0.05) is 26.3 Å². The van der Waals surface area contributed by atoms with Gasteiger partial charge >= 0.3 is 0 Å². The Hall–Kier alpha value is -4.82. The summed E-state index contributed by atoms with van der Waals surface area (Å²) in [5.41, 5.74) is 1.43. The van der Waals surface area contributed by atoms with Crippen LogP contribution < -0.4 is 10.6 Å². The number of rotatable bonds is 16.